The molecular formula is C17H17N3O. The lowest BCUT2D eigenvalue weighted by atomic mass is 10.1. The molecule has 0 fully saturated rings. The van der Waals surface area contributed by atoms with Crippen LogP contribution in [0.15, 0.2) is 59.9 Å². The first-order valence-electron chi connectivity index (χ1n) is 6.80. The van der Waals surface area contributed by atoms with Crippen molar-refractivity contribution in [2.75, 3.05) is 0 Å². The number of hydrogen-bond donors (Lipinski definition) is 2. The lowest BCUT2D eigenvalue weighted by Gasteiger charge is -2.08. The summed E-state index contributed by atoms with van der Waals surface area (Å²) in [7, 11) is 0. The van der Waals surface area contributed by atoms with E-state index < -0.39 is 0 Å². The monoisotopic (exact) mass is 279 g/mol. The average Bonchev–Trinajstić information content (AvgIpc) is 2.89. The van der Waals surface area contributed by atoms with Crippen LogP contribution in [0.2, 0.25) is 0 Å². The van der Waals surface area contributed by atoms with Crippen molar-refractivity contribution in [3.63, 3.8) is 0 Å². The summed E-state index contributed by atoms with van der Waals surface area (Å²) in [6.07, 6.45) is 2.06. The number of amidine groups is 1. The first-order valence-corrected chi connectivity index (χ1v) is 6.80. The van der Waals surface area contributed by atoms with E-state index in [0.717, 1.165) is 17.4 Å². The van der Waals surface area contributed by atoms with E-state index in [9.17, 15) is 0 Å². The summed E-state index contributed by atoms with van der Waals surface area (Å²) >= 11 is 0. The van der Waals surface area contributed by atoms with E-state index in [1.165, 1.54) is 11.1 Å². The van der Waals surface area contributed by atoms with Crippen molar-refractivity contribution in [1.82, 2.24) is 4.57 Å². The van der Waals surface area contributed by atoms with Crippen molar-refractivity contribution in [1.29, 1.82) is 0 Å². The second-order valence-electron chi connectivity index (χ2n) is 5.19. The average molecular weight is 279 g/mol. The van der Waals surface area contributed by atoms with Gasteiger partial charge in [0.15, 0.2) is 5.84 Å². The maximum Gasteiger partial charge on any atom is 0.170 e. The number of fused-ring (bicyclic) bond motifs is 1. The summed E-state index contributed by atoms with van der Waals surface area (Å²) in [6, 6.07) is 16.3. The van der Waals surface area contributed by atoms with E-state index in [4.69, 9.17) is 10.9 Å². The summed E-state index contributed by atoms with van der Waals surface area (Å²) in [5, 5.41) is 13.0. The highest BCUT2D eigenvalue weighted by Gasteiger charge is 2.06. The molecule has 0 aliphatic rings. The molecule has 0 radical (unpaired) electrons. The highest BCUT2D eigenvalue weighted by molar-refractivity contribution is 6.00. The van der Waals surface area contributed by atoms with Gasteiger partial charge in [-0.15, -0.1) is 0 Å². The third kappa shape index (κ3) is 2.60. The van der Waals surface area contributed by atoms with E-state index in [2.05, 4.69) is 53.2 Å². The van der Waals surface area contributed by atoms with Gasteiger partial charge in [0.1, 0.15) is 0 Å². The van der Waals surface area contributed by atoms with Gasteiger partial charge in [0.05, 0.1) is 0 Å². The van der Waals surface area contributed by atoms with Gasteiger partial charge in [-0.2, -0.15) is 0 Å². The zero-order valence-electron chi connectivity index (χ0n) is 11.8. The largest absolute Gasteiger partial charge is 0.409 e. The summed E-state index contributed by atoms with van der Waals surface area (Å²) in [5.74, 6) is 0.125. The van der Waals surface area contributed by atoms with Crippen LogP contribution in [-0.2, 0) is 6.54 Å². The lowest BCUT2D eigenvalue weighted by Crippen LogP contribution is -2.13. The van der Waals surface area contributed by atoms with Gasteiger partial charge in [-0.3, -0.25) is 0 Å². The molecule has 3 rings (SSSR count). The van der Waals surface area contributed by atoms with Crippen LogP contribution < -0.4 is 5.73 Å². The van der Waals surface area contributed by atoms with E-state index in [1.807, 2.05) is 18.2 Å². The standard InChI is InChI=1S/C17H17N3O/c1-12-3-2-4-13(9-12)11-20-8-7-14-5-6-15(10-16(14)20)17(18)19-21/h2-10,21H,11H2,1H3,(H2,18,19). The fourth-order valence-corrected chi connectivity index (χ4v) is 2.55. The molecule has 4 heteroatoms. The zero-order chi connectivity index (χ0) is 14.8. The fourth-order valence-electron chi connectivity index (χ4n) is 2.55. The second kappa shape index (κ2) is 5.32. The van der Waals surface area contributed by atoms with Crippen molar-refractivity contribution < 1.29 is 5.21 Å². The summed E-state index contributed by atoms with van der Waals surface area (Å²) < 4.78 is 2.16. The van der Waals surface area contributed by atoms with Gasteiger partial charge in [-0.25, -0.2) is 0 Å². The summed E-state index contributed by atoms with van der Waals surface area (Å²) in [5.41, 5.74) is 9.96. The molecule has 3 N–H and O–H groups in total. The Morgan fingerprint density at radius 1 is 1.19 bits per heavy atom. The van der Waals surface area contributed by atoms with Crippen molar-refractivity contribution in [2.45, 2.75) is 13.5 Å². The van der Waals surface area contributed by atoms with Crippen LogP contribution in [0.5, 0.6) is 0 Å². The number of aromatic nitrogens is 1. The van der Waals surface area contributed by atoms with E-state index >= 15 is 0 Å². The Morgan fingerprint density at radius 3 is 2.81 bits per heavy atom. The Balaban J connectivity index is 2.02. The molecule has 2 aromatic carbocycles. The molecule has 1 aromatic heterocycles. The molecule has 3 aromatic rings. The molecule has 0 saturated heterocycles. The number of hydrogen-bond acceptors (Lipinski definition) is 2. The van der Waals surface area contributed by atoms with Crippen molar-refractivity contribution in [3.05, 3.63) is 71.4 Å². The normalized spacial score (nSPS) is 12.0. The second-order valence-corrected chi connectivity index (χ2v) is 5.19. The van der Waals surface area contributed by atoms with Gasteiger partial charge >= 0.3 is 0 Å². The summed E-state index contributed by atoms with van der Waals surface area (Å²) in [6.45, 7) is 2.89. The molecule has 0 saturated carbocycles. The van der Waals surface area contributed by atoms with Crippen LogP contribution in [0.25, 0.3) is 10.9 Å². The molecule has 106 valence electrons. The molecule has 0 aliphatic heterocycles. The van der Waals surface area contributed by atoms with Gasteiger partial charge < -0.3 is 15.5 Å². The third-order valence-electron chi connectivity index (χ3n) is 3.61. The van der Waals surface area contributed by atoms with E-state index in [0.29, 0.717) is 5.56 Å². The van der Waals surface area contributed by atoms with Crippen molar-refractivity contribution in [3.8, 4) is 0 Å². The molecule has 0 amide bonds. The smallest absolute Gasteiger partial charge is 0.170 e. The fraction of sp³-hybridized carbons (Fsp3) is 0.118. The molecule has 0 bridgehead atoms. The Hall–Kier alpha value is -2.75. The van der Waals surface area contributed by atoms with Crippen LogP contribution in [0.1, 0.15) is 16.7 Å². The highest BCUT2D eigenvalue weighted by Crippen LogP contribution is 2.19. The number of nitrogens with two attached hydrogens (primary N) is 1. The zero-order valence-corrected chi connectivity index (χ0v) is 11.8. The Kier molecular flexibility index (Phi) is 3.36. The molecule has 4 nitrogen and oxygen atoms in total. The number of aryl methyl sites for hydroxylation is 1. The molecule has 0 unspecified atom stereocenters. The van der Waals surface area contributed by atoms with Gasteiger partial charge in [-0.1, -0.05) is 47.1 Å². The number of rotatable bonds is 3. The molecular weight excluding hydrogens is 262 g/mol. The Labute approximate surface area is 123 Å². The maximum atomic E-state index is 8.80. The van der Waals surface area contributed by atoms with Gasteiger partial charge in [0.25, 0.3) is 0 Å². The molecule has 0 spiro atoms. The minimum absolute atomic E-state index is 0.125. The van der Waals surface area contributed by atoms with Gasteiger partial charge in [0, 0.05) is 23.8 Å². The predicted molar refractivity (Wildman–Crippen MR) is 84.7 cm³/mol. The predicted octanol–water partition coefficient (Wildman–Crippen LogP) is 3.09. The summed E-state index contributed by atoms with van der Waals surface area (Å²) in [4.78, 5) is 0. The SMILES string of the molecule is Cc1cccc(Cn2ccc3ccc(/C(N)=N/O)cc32)c1. The van der Waals surface area contributed by atoms with Crippen LogP contribution >= 0.6 is 0 Å². The molecule has 0 aliphatic carbocycles. The quantitative estimate of drug-likeness (QED) is 0.335. The molecule has 0 atom stereocenters. The van der Waals surface area contributed by atoms with Gasteiger partial charge in [-0.05, 0) is 30.0 Å². The van der Waals surface area contributed by atoms with Crippen LogP contribution in [0.4, 0.5) is 0 Å². The van der Waals surface area contributed by atoms with Crippen LogP contribution in [0.3, 0.4) is 0 Å². The Morgan fingerprint density at radius 2 is 2.05 bits per heavy atom. The number of benzene rings is 2. The van der Waals surface area contributed by atoms with Gasteiger partial charge in [0.2, 0.25) is 0 Å². The maximum absolute atomic E-state index is 8.80. The van der Waals surface area contributed by atoms with Crippen molar-refractivity contribution >= 4 is 16.7 Å². The van der Waals surface area contributed by atoms with E-state index in [-0.39, 0.29) is 5.84 Å². The first-order chi connectivity index (χ1) is 10.2. The van der Waals surface area contributed by atoms with Crippen LogP contribution in [-0.4, -0.2) is 15.6 Å². The lowest BCUT2D eigenvalue weighted by molar-refractivity contribution is 0.318. The third-order valence-corrected chi connectivity index (χ3v) is 3.61. The number of nitrogens with zero attached hydrogens (tertiary/aromatic N) is 2. The minimum atomic E-state index is 0.125. The minimum Gasteiger partial charge on any atom is -0.409 e. The van der Waals surface area contributed by atoms with Crippen LogP contribution in [0, 0.1) is 6.92 Å². The van der Waals surface area contributed by atoms with Crippen molar-refractivity contribution in [2.24, 2.45) is 10.9 Å². The first kappa shape index (κ1) is 13.2. The molecule has 1 heterocycles. The molecule has 21 heavy (non-hydrogen) atoms. The number of oxime groups is 1. The Bertz CT molecular complexity index is 818. The van der Waals surface area contributed by atoms with E-state index in [1.54, 1.807) is 0 Å². The topological polar surface area (TPSA) is 63.5 Å². The highest BCUT2D eigenvalue weighted by atomic mass is 16.4.